The molecule has 3 aromatic rings. The predicted molar refractivity (Wildman–Crippen MR) is 176 cm³/mol. The van der Waals surface area contributed by atoms with Crippen molar-refractivity contribution in [3.05, 3.63) is 36.1 Å². The number of carbonyl (C=O) groups excluding carboxylic acids is 4. The van der Waals surface area contributed by atoms with Gasteiger partial charge in [-0.05, 0) is 62.8 Å². The van der Waals surface area contributed by atoms with E-state index < -0.39 is 47.6 Å². The fourth-order valence-electron chi connectivity index (χ4n) is 7.15. The van der Waals surface area contributed by atoms with Crippen molar-refractivity contribution in [2.24, 2.45) is 5.92 Å². The molecule has 2 aliphatic carbocycles. The first-order valence-corrected chi connectivity index (χ1v) is 17.9. The Labute approximate surface area is 287 Å². The van der Waals surface area contributed by atoms with Crippen molar-refractivity contribution in [1.82, 2.24) is 30.5 Å². The smallest absolute Gasteiger partial charge is 0.408 e. The van der Waals surface area contributed by atoms with Gasteiger partial charge in [-0.15, -0.1) is 11.3 Å². The Hall–Kier alpha value is -4.53. The number of hydrogen-bond acceptors (Lipinski definition) is 12. The van der Waals surface area contributed by atoms with Crippen LogP contribution in [0, 0.1) is 5.92 Å². The summed E-state index contributed by atoms with van der Waals surface area (Å²) in [5, 5.41) is 7.65. The van der Waals surface area contributed by atoms with E-state index in [0.29, 0.717) is 29.5 Å². The fraction of sp³-hybridized carbons (Fsp3) is 0.559. The third kappa shape index (κ3) is 6.98. The topological polar surface area (TPSA) is 175 Å². The van der Waals surface area contributed by atoms with Crippen molar-refractivity contribution >= 4 is 45.4 Å². The van der Waals surface area contributed by atoms with Crippen LogP contribution in [0.1, 0.15) is 70.6 Å². The van der Waals surface area contributed by atoms with E-state index in [4.69, 9.17) is 18.6 Å². The number of allylic oxidation sites excluding steroid dienone is 1. The van der Waals surface area contributed by atoms with E-state index in [0.717, 1.165) is 44.9 Å². The first-order chi connectivity index (χ1) is 23.8. The molecule has 1 saturated heterocycles. The second-order valence-corrected chi connectivity index (χ2v) is 14.1. The van der Waals surface area contributed by atoms with Crippen LogP contribution in [0.2, 0.25) is 0 Å². The molecule has 5 heterocycles. The van der Waals surface area contributed by atoms with Gasteiger partial charge in [-0.1, -0.05) is 25.0 Å². The largest absolute Gasteiger partial charge is 0.471 e. The number of alkyl carbamates (subject to hydrolysis) is 1. The monoisotopic (exact) mass is 692 g/mol. The molecule has 260 valence electrons. The highest BCUT2D eigenvalue weighted by Gasteiger charge is 2.62. The van der Waals surface area contributed by atoms with E-state index in [1.54, 1.807) is 0 Å². The van der Waals surface area contributed by atoms with Crippen LogP contribution in [0.4, 0.5) is 4.79 Å². The van der Waals surface area contributed by atoms with Crippen LogP contribution in [-0.4, -0.2) is 87.2 Å². The molecule has 3 fully saturated rings. The molecule has 14 nitrogen and oxygen atoms in total. The number of hydrogen-bond donors (Lipinski definition) is 2. The Kier molecular flexibility index (Phi) is 9.52. The summed E-state index contributed by atoms with van der Waals surface area (Å²) in [6, 6.07) is -0.0625. The van der Waals surface area contributed by atoms with Crippen LogP contribution < -0.4 is 15.4 Å². The Bertz CT molecular complexity index is 1720. The lowest BCUT2D eigenvalue weighted by molar-refractivity contribution is -0.148. The number of ether oxygens (including phenoxy) is 3. The number of esters is 1. The highest BCUT2D eigenvalue weighted by Crippen LogP contribution is 2.46. The maximum absolute atomic E-state index is 14.4. The number of nitrogens with zero attached hydrogens (tertiary/aromatic N) is 4. The normalized spacial score (nSPS) is 27.8. The van der Waals surface area contributed by atoms with E-state index in [2.05, 4.69) is 25.6 Å². The molecule has 7 rings (SSSR count). The molecule has 15 heteroatoms. The molecule has 0 bridgehead atoms. The van der Waals surface area contributed by atoms with Gasteiger partial charge in [0.25, 0.3) is 5.89 Å². The van der Waals surface area contributed by atoms with Gasteiger partial charge in [0.2, 0.25) is 23.5 Å². The highest BCUT2D eigenvalue weighted by molar-refractivity contribution is 7.17. The van der Waals surface area contributed by atoms with Crippen LogP contribution in [-0.2, 0) is 23.9 Å². The minimum Gasteiger partial charge on any atom is -0.471 e. The second-order valence-electron chi connectivity index (χ2n) is 13.1. The quantitative estimate of drug-likeness (QED) is 0.278. The number of fused-ring (bicyclic) bond motifs is 3. The minimum atomic E-state index is -1.21. The molecule has 2 saturated carbocycles. The number of carbonyl (C=O) groups is 4. The molecule has 5 atom stereocenters. The van der Waals surface area contributed by atoms with E-state index in [1.807, 2.05) is 23.6 Å². The predicted octanol–water partition coefficient (Wildman–Crippen LogP) is 4.30. The van der Waals surface area contributed by atoms with Crippen LogP contribution in [0.3, 0.4) is 0 Å². The Morgan fingerprint density at radius 1 is 1.10 bits per heavy atom. The van der Waals surface area contributed by atoms with Crippen LogP contribution in [0.25, 0.3) is 21.9 Å². The third-order valence-corrected chi connectivity index (χ3v) is 10.7. The van der Waals surface area contributed by atoms with Crippen LogP contribution >= 0.6 is 11.3 Å². The van der Waals surface area contributed by atoms with E-state index >= 15 is 0 Å². The molecule has 3 amide bonds. The van der Waals surface area contributed by atoms with Crippen LogP contribution in [0.15, 0.2) is 40.5 Å². The average Bonchev–Trinajstić information content (AvgIpc) is 3.75. The summed E-state index contributed by atoms with van der Waals surface area (Å²) < 4.78 is 23.4. The molecule has 4 aliphatic rings. The average molecular weight is 693 g/mol. The standard InChI is InChI=1S/C34H40N6O8S/c1-45-32(43)34-18-20(34)9-5-3-2-4-6-12-24(37-33(44)48-21-10-7-8-11-21)31(42)40-19-22(17-25(40)28(41)39-34)47-29-26-23(13-16-49-26)36-27(38-29)30-35-14-15-46-30/h5,9,13-16,20-22,24-25H,2-4,6-8,10-12,17-19H2,1H3,(H,37,44)(H,39,41)/t20-,22-,24+,25+,34-/m1/s1. The summed E-state index contributed by atoms with van der Waals surface area (Å²) in [5.41, 5.74) is -0.567. The number of amides is 3. The number of methoxy groups -OCH3 is 1. The Morgan fingerprint density at radius 2 is 1.94 bits per heavy atom. The van der Waals surface area contributed by atoms with Crippen molar-refractivity contribution in [3.8, 4) is 17.6 Å². The maximum atomic E-state index is 14.4. The molecule has 0 unspecified atom stereocenters. The van der Waals surface area contributed by atoms with Crippen molar-refractivity contribution in [3.63, 3.8) is 0 Å². The number of oxazole rings is 1. The van der Waals surface area contributed by atoms with E-state index in [1.165, 1.54) is 35.8 Å². The highest BCUT2D eigenvalue weighted by atomic mass is 32.1. The summed E-state index contributed by atoms with van der Waals surface area (Å²) in [6.45, 7) is 0.0481. The molecular weight excluding hydrogens is 652 g/mol. The van der Waals surface area contributed by atoms with Gasteiger partial charge in [0.1, 0.15) is 40.8 Å². The van der Waals surface area contributed by atoms with Gasteiger partial charge < -0.3 is 34.2 Å². The van der Waals surface area contributed by atoms with Gasteiger partial charge in [0.05, 0.1) is 25.4 Å². The van der Waals surface area contributed by atoms with Crippen molar-refractivity contribution in [2.75, 3.05) is 13.7 Å². The fourth-order valence-corrected chi connectivity index (χ4v) is 7.92. The lowest BCUT2D eigenvalue weighted by atomic mass is 10.0. The third-order valence-electron chi connectivity index (χ3n) is 9.83. The second kappa shape index (κ2) is 14.1. The summed E-state index contributed by atoms with van der Waals surface area (Å²) in [4.78, 5) is 69.3. The van der Waals surface area contributed by atoms with Crippen molar-refractivity contribution in [2.45, 2.75) is 100 Å². The van der Waals surface area contributed by atoms with Gasteiger partial charge >= 0.3 is 12.1 Å². The summed E-state index contributed by atoms with van der Waals surface area (Å²) in [7, 11) is 1.30. The number of rotatable bonds is 6. The molecule has 2 aliphatic heterocycles. The summed E-state index contributed by atoms with van der Waals surface area (Å²) in [5.74, 6) is -0.900. The van der Waals surface area contributed by atoms with Gasteiger partial charge in [0, 0.05) is 12.3 Å². The summed E-state index contributed by atoms with van der Waals surface area (Å²) in [6.07, 6.45) is 13.2. The molecule has 0 spiro atoms. The molecule has 0 radical (unpaired) electrons. The van der Waals surface area contributed by atoms with Gasteiger partial charge in [0.15, 0.2) is 0 Å². The first kappa shape index (κ1) is 33.0. The van der Waals surface area contributed by atoms with Crippen molar-refractivity contribution in [1.29, 1.82) is 0 Å². The molecule has 2 N–H and O–H groups in total. The first-order valence-electron chi connectivity index (χ1n) is 17.0. The van der Waals surface area contributed by atoms with Crippen LogP contribution in [0.5, 0.6) is 5.88 Å². The molecule has 3 aromatic heterocycles. The minimum absolute atomic E-state index is 0.0481. The number of aromatic nitrogens is 3. The van der Waals surface area contributed by atoms with Gasteiger partial charge in [-0.25, -0.2) is 19.6 Å². The lowest BCUT2D eigenvalue weighted by Gasteiger charge is -2.29. The zero-order valence-corrected chi connectivity index (χ0v) is 28.1. The lowest BCUT2D eigenvalue weighted by Crippen LogP contribution is -2.56. The Morgan fingerprint density at radius 3 is 2.73 bits per heavy atom. The zero-order valence-electron chi connectivity index (χ0n) is 27.3. The Balaban J connectivity index is 1.18. The summed E-state index contributed by atoms with van der Waals surface area (Å²) >= 11 is 1.40. The van der Waals surface area contributed by atoms with E-state index in [9.17, 15) is 19.2 Å². The molecule has 0 aromatic carbocycles. The number of nitrogens with one attached hydrogen (secondary N) is 2. The SMILES string of the molecule is COC(=O)[C@@]12C[C@H]1C=CCCCCC[C@H](NC(=O)OC1CCCC1)C(=O)N1C[C@H](Oc3nc(-c4ncco4)nc4ccsc34)C[C@H]1C(=O)N2. The molecular formula is C34H40N6O8S. The maximum Gasteiger partial charge on any atom is 0.408 e. The number of thiophene rings is 1. The zero-order chi connectivity index (χ0) is 34.0. The van der Waals surface area contributed by atoms with Crippen molar-refractivity contribution < 1.29 is 37.8 Å². The van der Waals surface area contributed by atoms with Gasteiger partial charge in [-0.3, -0.25) is 9.59 Å². The van der Waals surface area contributed by atoms with Gasteiger partial charge in [-0.2, -0.15) is 4.98 Å². The molecule has 49 heavy (non-hydrogen) atoms. The van der Waals surface area contributed by atoms with E-state index in [-0.39, 0.29) is 42.6 Å².